The zero-order valence-electron chi connectivity index (χ0n) is 16.2. The van der Waals surface area contributed by atoms with Crippen molar-refractivity contribution in [1.82, 2.24) is 19.6 Å². The molecule has 0 spiro atoms. The van der Waals surface area contributed by atoms with Crippen molar-refractivity contribution >= 4 is 27.3 Å². The maximum absolute atomic E-state index is 12.4. The number of thiazole rings is 1. The Bertz CT molecular complexity index is 1060. The molecule has 152 valence electrons. The third-order valence-electron chi connectivity index (χ3n) is 4.31. The first-order valence-electron chi connectivity index (χ1n) is 9.01. The molecular formula is C20H22N4O3S2. The minimum absolute atomic E-state index is 0.0608. The van der Waals surface area contributed by atoms with Gasteiger partial charge >= 0.3 is 0 Å². The third kappa shape index (κ3) is 5.47. The van der Waals surface area contributed by atoms with Crippen molar-refractivity contribution in [3.05, 3.63) is 64.7 Å². The Kier molecular flexibility index (Phi) is 6.73. The number of hydrogen-bond acceptors (Lipinski definition) is 6. The van der Waals surface area contributed by atoms with E-state index in [9.17, 15) is 13.2 Å². The minimum Gasteiger partial charge on any atom is -0.355 e. The summed E-state index contributed by atoms with van der Waals surface area (Å²) < 4.78 is 25.8. The lowest BCUT2D eigenvalue weighted by molar-refractivity contribution is -0.121. The van der Waals surface area contributed by atoms with Crippen LogP contribution in [0.3, 0.4) is 0 Å². The van der Waals surface area contributed by atoms with Crippen LogP contribution in [0.2, 0.25) is 0 Å². The zero-order valence-corrected chi connectivity index (χ0v) is 17.8. The van der Waals surface area contributed by atoms with Crippen LogP contribution in [0.25, 0.3) is 11.3 Å². The number of sulfonamides is 1. The molecule has 1 aromatic carbocycles. The van der Waals surface area contributed by atoms with Crippen LogP contribution in [0.4, 0.5) is 0 Å². The lowest BCUT2D eigenvalue weighted by Crippen LogP contribution is -2.39. The van der Waals surface area contributed by atoms with Crippen molar-refractivity contribution in [2.75, 3.05) is 20.1 Å². The highest BCUT2D eigenvalue weighted by molar-refractivity contribution is 7.89. The van der Waals surface area contributed by atoms with Crippen molar-refractivity contribution in [2.45, 2.75) is 18.2 Å². The molecule has 0 saturated heterocycles. The molecule has 0 bridgehead atoms. The zero-order chi connectivity index (χ0) is 20.9. The number of likely N-dealkylation sites (N-methyl/N-ethyl adjacent to an activating group) is 1. The predicted octanol–water partition coefficient (Wildman–Crippen LogP) is 2.49. The Balaban J connectivity index is 1.48. The molecule has 3 aromatic rings. The fourth-order valence-electron chi connectivity index (χ4n) is 2.71. The smallest absolute Gasteiger partial charge is 0.244 e. The van der Waals surface area contributed by atoms with Gasteiger partial charge in [0.25, 0.3) is 0 Å². The van der Waals surface area contributed by atoms with Gasteiger partial charge < -0.3 is 5.32 Å². The molecule has 1 amide bonds. The summed E-state index contributed by atoms with van der Waals surface area (Å²) >= 11 is 1.62. The van der Waals surface area contributed by atoms with E-state index in [1.165, 1.54) is 25.5 Å². The first-order chi connectivity index (χ1) is 13.9. The van der Waals surface area contributed by atoms with Gasteiger partial charge in [0.15, 0.2) is 0 Å². The molecule has 2 heterocycles. The summed E-state index contributed by atoms with van der Waals surface area (Å²) in [4.78, 5) is 20.5. The van der Waals surface area contributed by atoms with E-state index in [2.05, 4.69) is 15.3 Å². The lowest BCUT2D eigenvalue weighted by Gasteiger charge is -2.16. The van der Waals surface area contributed by atoms with Gasteiger partial charge in [-0.3, -0.25) is 9.78 Å². The van der Waals surface area contributed by atoms with Crippen LogP contribution in [0.1, 0.15) is 10.6 Å². The fourth-order valence-corrected chi connectivity index (χ4v) is 4.42. The lowest BCUT2D eigenvalue weighted by atomic mass is 10.1. The van der Waals surface area contributed by atoms with E-state index >= 15 is 0 Å². The van der Waals surface area contributed by atoms with Crippen molar-refractivity contribution < 1.29 is 13.2 Å². The molecule has 0 unspecified atom stereocenters. The van der Waals surface area contributed by atoms with Gasteiger partial charge in [0, 0.05) is 36.9 Å². The van der Waals surface area contributed by atoms with E-state index < -0.39 is 10.0 Å². The molecule has 0 atom stereocenters. The number of pyridine rings is 1. The van der Waals surface area contributed by atoms with Gasteiger partial charge in [-0.05, 0) is 31.0 Å². The molecule has 7 nitrogen and oxygen atoms in total. The molecular weight excluding hydrogens is 408 g/mol. The molecule has 0 saturated carbocycles. The molecule has 1 N–H and O–H groups in total. The number of carbonyl (C=O) groups excluding carboxylic acids is 1. The van der Waals surface area contributed by atoms with E-state index in [0.29, 0.717) is 13.0 Å². The van der Waals surface area contributed by atoms with Gasteiger partial charge in [-0.15, -0.1) is 11.3 Å². The standard InChI is InChI=1S/C20H22N4O3S2/c1-15-23-19(14-28-15)17-7-5-16(6-8-17)9-11-22-20(25)13-24(2)29(26,27)18-4-3-10-21-12-18/h3-8,10,12,14H,9,11,13H2,1-2H3,(H,22,25). The maximum Gasteiger partial charge on any atom is 0.244 e. The summed E-state index contributed by atoms with van der Waals surface area (Å²) in [6.07, 6.45) is 3.41. The van der Waals surface area contributed by atoms with Gasteiger partial charge in [0.05, 0.1) is 17.2 Å². The summed E-state index contributed by atoms with van der Waals surface area (Å²) in [5.74, 6) is -0.352. The molecule has 2 aromatic heterocycles. The van der Waals surface area contributed by atoms with Crippen LogP contribution in [-0.2, 0) is 21.2 Å². The number of aromatic nitrogens is 2. The summed E-state index contributed by atoms with van der Waals surface area (Å²) in [7, 11) is -2.36. The Morgan fingerprint density at radius 1 is 1.21 bits per heavy atom. The fraction of sp³-hybridized carbons (Fsp3) is 0.250. The molecule has 29 heavy (non-hydrogen) atoms. The largest absolute Gasteiger partial charge is 0.355 e. The highest BCUT2D eigenvalue weighted by Gasteiger charge is 2.22. The number of hydrogen-bond donors (Lipinski definition) is 1. The summed E-state index contributed by atoms with van der Waals surface area (Å²) in [5.41, 5.74) is 3.10. The Hall–Kier alpha value is -2.62. The van der Waals surface area contributed by atoms with Gasteiger partial charge in [0.1, 0.15) is 4.90 Å². The van der Waals surface area contributed by atoms with Crippen molar-refractivity contribution in [1.29, 1.82) is 0 Å². The summed E-state index contributed by atoms with van der Waals surface area (Å²) in [5, 5.41) is 5.82. The Labute approximate surface area is 174 Å². The molecule has 9 heteroatoms. The monoisotopic (exact) mass is 430 g/mol. The average Bonchev–Trinajstić information content (AvgIpc) is 3.15. The van der Waals surface area contributed by atoms with Gasteiger partial charge in [-0.1, -0.05) is 24.3 Å². The predicted molar refractivity (Wildman–Crippen MR) is 113 cm³/mol. The molecule has 0 aliphatic rings. The summed E-state index contributed by atoms with van der Waals surface area (Å²) in [6.45, 7) is 2.15. The minimum atomic E-state index is -3.74. The number of nitrogens with one attached hydrogen (secondary N) is 1. The van der Waals surface area contributed by atoms with Crippen LogP contribution in [0.5, 0.6) is 0 Å². The van der Waals surface area contributed by atoms with Crippen LogP contribution < -0.4 is 5.32 Å². The first-order valence-corrected chi connectivity index (χ1v) is 11.3. The Morgan fingerprint density at radius 2 is 1.97 bits per heavy atom. The molecule has 0 fully saturated rings. The number of carbonyl (C=O) groups is 1. The second-order valence-corrected chi connectivity index (χ2v) is 9.61. The molecule has 0 radical (unpaired) electrons. The van der Waals surface area contributed by atoms with Gasteiger partial charge in [-0.2, -0.15) is 4.31 Å². The van der Waals surface area contributed by atoms with Crippen LogP contribution in [0, 0.1) is 6.92 Å². The first kappa shape index (κ1) is 21.1. The number of nitrogens with zero attached hydrogens (tertiary/aromatic N) is 3. The van der Waals surface area contributed by atoms with Crippen molar-refractivity contribution in [2.24, 2.45) is 0 Å². The highest BCUT2D eigenvalue weighted by atomic mass is 32.2. The quantitative estimate of drug-likeness (QED) is 0.593. The van der Waals surface area contributed by atoms with E-state index in [1.807, 2.05) is 36.6 Å². The van der Waals surface area contributed by atoms with E-state index in [1.54, 1.807) is 17.4 Å². The summed E-state index contributed by atoms with van der Waals surface area (Å²) in [6, 6.07) is 11.0. The van der Waals surface area contributed by atoms with Crippen molar-refractivity contribution in [3.63, 3.8) is 0 Å². The second-order valence-electron chi connectivity index (χ2n) is 6.50. The molecule has 3 rings (SSSR count). The van der Waals surface area contributed by atoms with Gasteiger partial charge in [0.2, 0.25) is 15.9 Å². The highest BCUT2D eigenvalue weighted by Crippen LogP contribution is 2.21. The number of benzene rings is 1. The number of amides is 1. The Morgan fingerprint density at radius 3 is 2.59 bits per heavy atom. The number of rotatable bonds is 8. The van der Waals surface area contributed by atoms with Crippen LogP contribution >= 0.6 is 11.3 Å². The van der Waals surface area contributed by atoms with Crippen LogP contribution in [-0.4, -0.2) is 48.7 Å². The normalized spacial score (nSPS) is 11.6. The topological polar surface area (TPSA) is 92.3 Å². The van der Waals surface area contributed by atoms with Crippen LogP contribution in [0.15, 0.2) is 59.1 Å². The second kappa shape index (κ2) is 9.25. The van der Waals surface area contributed by atoms with E-state index in [4.69, 9.17) is 0 Å². The van der Waals surface area contributed by atoms with Gasteiger partial charge in [-0.25, -0.2) is 13.4 Å². The number of aryl methyl sites for hydroxylation is 1. The average molecular weight is 431 g/mol. The third-order valence-corrected chi connectivity index (χ3v) is 6.87. The van der Waals surface area contributed by atoms with E-state index in [-0.39, 0.29) is 17.3 Å². The van der Waals surface area contributed by atoms with Crippen molar-refractivity contribution in [3.8, 4) is 11.3 Å². The maximum atomic E-state index is 12.4. The molecule has 0 aliphatic carbocycles. The van der Waals surface area contributed by atoms with E-state index in [0.717, 1.165) is 26.1 Å². The SMILES string of the molecule is Cc1nc(-c2ccc(CCNC(=O)CN(C)S(=O)(=O)c3cccnc3)cc2)cs1. The molecule has 0 aliphatic heterocycles.